The van der Waals surface area contributed by atoms with Crippen LogP contribution in [0.25, 0.3) is 0 Å². The molecule has 1 atom stereocenters. The maximum absolute atomic E-state index is 4.63. The molecule has 1 aliphatic heterocycles. The molecule has 16 heavy (non-hydrogen) atoms. The third-order valence-corrected chi connectivity index (χ3v) is 3.37. The first kappa shape index (κ1) is 11.4. The number of anilines is 1. The Labute approximate surface area is 97.9 Å². The molecule has 1 saturated heterocycles. The van der Waals surface area contributed by atoms with Gasteiger partial charge in [0, 0.05) is 19.3 Å². The Kier molecular flexibility index (Phi) is 3.42. The zero-order chi connectivity index (χ0) is 11.5. The summed E-state index contributed by atoms with van der Waals surface area (Å²) in [4.78, 5) is 11.4. The average molecular weight is 219 g/mol. The third-order valence-electron chi connectivity index (χ3n) is 3.37. The molecule has 0 N–H and O–H groups in total. The molecular formula is C13H21N3. The van der Waals surface area contributed by atoms with Crippen molar-refractivity contribution in [2.24, 2.45) is 5.92 Å². The van der Waals surface area contributed by atoms with Crippen LogP contribution in [0.1, 0.15) is 37.6 Å². The van der Waals surface area contributed by atoms with Gasteiger partial charge >= 0.3 is 0 Å². The van der Waals surface area contributed by atoms with Gasteiger partial charge in [-0.1, -0.05) is 6.92 Å². The second kappa shape index (κ2) is 4.81. The molecule has 0 amide bonds. The van der Waals surface area contributed by atoms with E-state index in [1.165, 1.54) is 19.3 Å². The Morgan fingerprint density at radius 3 is 2.88 bits per heavy atom. The molecule has 2 heterocycles. The van der Waals surface area contributed by atoms with E-state index in [9.17, 15) is 0 Å². The van der Waals surface area contributed by atoms with Crippen LogP contribution in [0.5, 0.6) is 0 Å². The summed E-state index contributed by atoms with van der Waals surface area (Å²) < 4.78 is 0. The second-order valence-corrected chi connectivity index (χ2v) is 4.94. The Morgan fingerprint density at radius 1 is 1.25 bits per heavy atom. The molecule has 1 fully saturated rings. The number of aryl methyl sites for hydroxylation is 2. The van der Waals surface area contributed by atoms with Gasteiger partial charge in [-0.3, -0.25) is 4.98 Å². The topological polar surface area (TPSA) is 29.0 Å². The molecule has 0 aliphatic carbocycles. The van der Waals surface area contributed by atoms with Gasteiger partial charge in [0.15, 0.2) is 0 Å². The minimum Gasteiger partial charge on any atom is -0.355 e. The standard InChI is InChI=1S/C13H21N3/c1-10-5-4-7-16(8-6-10)13-12(3)14-9-11(2)15-13/h9-10H,4-8H2,1-3H3. The average Bonchev–Trinajstić information content (AvgIpc) is 2.47. The van der Waals surface area contributed by atoms with Crippen LogP contribution in [-0.4, -0.2) is 23.1 Å². The third kappa shape index (κ3) is 2.52. The number of aromatic nitrogens is 2. The Balaban J connectivity index is 2.19. The number of nitrogens with zero attached hydrogens (tertiary/aromatic N) is 3. The highest BCUT2D eigenvalue weighted by atomic mass is 15.2. The minimum absolute atomic E-state index is 0.850. The molecule has 2 rings (SSSR count). The van der Waals surface area contributed by atoms with Crippen molar-refractivity contribution in [3.8, 4) is 0 Å². The lowest BCUT2D eigenvalue weighted by Crippen LogP contribution is -2.26. The molecule has 1 unspecified atom stereocenters. The summed E-state index contributed by atoms with van der Waals surface area (Å²) >= 11 is 0. The molecule has 0 radical (unpaired) electrons. The normalized spacial score (nSPS) is 21.9. The highest BCUT2D eigenvalue weighted by Gasteiger charge is 2.17. The second-order valence-electron chi connectivity index (χ2n) is 4.94. The lowest BCUT2D eigenvalue weighted by Gasteiger charge is -2.23. The molecule has 0 aromatic carbocycles. The van der Waals surface area contributed by atoms with Crippen LogP contribution < -0.4 is 4.90 Å². The molecular weight excluding hydrogens is 198 g/mol. The predicted octanol–water partition coefficient (Wildman–Crippen LogP) is 2.72. The van der Waals surface area contributed by atoms with E-state index in [1.54, 1.807) is 0 Å². The van der Waals surface area contributed by atoms with Crippen molar-refractivity contribution in [1.29, 1.82) is 0 Å². The number of hydrogen-bond acceptors (Lipinski definition) is 3. The minimum atomic E-state index is 0.850. The molecule has 0 bridgehead atoms. The Hall–Kier alpha value is -1.12. The van der Waals surface area contributed by atoms with Crippen molar-refractivity contribution in [1.82, 2.24) is 9.97 Å². The highest BCUT2D eigenvalue weighted by molar-refractivity contribution is 5.43. The molecule has 3 heteroatoms. The summed E-state index contributed by atoms with van der Waals surface area (Å²) in [5, 5.41) is 0. The van der Waals surface area contributed by atoms with Crippen LogP contribution in [0, 0.1) is 19.8 Å². The van der Waals surface area contributed by atoms with Gasteiger partial charge in [-0.15, -0.1) is 0 Å². The first-order chi connectivity index (χ1) is 7.66. The maximum atomic E-state index is 4.63. The van der Waals surface area contributed by atoms with Crippen LogP contribution in [0.15, 0.2) is 6.20 Å². The van der Waals surface area contributed by atoms with Gasteiger partial charge in [0.2, 0.25) is 0 Å². The zero-order valence-corrected chi connectivity index (χ0v) is 10.5. The fraction of sp³-hybridized carbons (Fsp3) is 0.692. The molecule has 1 aromatic rings. The lowest BCUT2D eigenvalue weighted by molar-refractivity contribution is 0.521. The maximum Gasteiger partial charge on any atom is 0.150 e. The van der Waals surface area contributed by atoms with Gasteiger partial charge in [-0.2, -0.15) is 0 Å². The molecule has 0 saturated carbocycles. The summed E-state index contributed by atoms with van der Waals surface area (Å²) in [7, 11) is 0. The summed E-state index contributed by atoms with van der Waals surface area (Å²) in [6, 6.07) is 0. The molecule has 1 aliphatic rings. The summed E-state index contributed by atoms with van der Waals surface area (Å²) in [6.07, 6.45) is 5.74. The van der Waals surface area contributed by atoms with Gasteiger partial charge in [0.25, 0.3) is 0 Å². The first-order valence-corrected chi connectivity index (χ1v) is 6.22. The quantitative estimate of drug-likeness (QED) is 0.727. The summed E-state index contributed by atoms with van der Waals surface area (Å²) in [5.74, 6) is 1.94. The van der Waals surface area contributed by atoms with E-state index in [0.29, 0.717) is 0 Å². The van der Waals surface area contributed by atoms with E-state index in [4.69, 9.17) is 0 Å². The van der Waals surface area contributed by atoms with Gasteiger partial charge in [0.05, 0.1) is 11.4 Å². The fourth-order valence-corrected chi connectivity index (χ4v) is 2.30. The Bertz CT molecular complexity index is 362. The molecule has 1 aromatic heterocycles. The van der Waals surface area contributed by atoms with Crippen LogP contribution in [-0.2, 0) is 0 Å². The number of rotatable bonds is 1. The van der Waals surface area contributed by atoms with Crippen molar-refractivity contribution >= 4 is 5.82 Å². The van der Waals surface area contributed by atoms with E-state index in [0.717, 1.165) is 36.2 Å². The van der Waals surface area contributed by atoms with Crippen LogP contribution in [0.4, 0.5) is 5.82 Å². The first-order valence-electron chi connectivity index (χ1n) is 6.22. The SMILES string of the molecule is Cc1cnc(C)c(N2CCCC(C)CC2)n1. The van der Waals surface area contributed by atoms with E-state index < -0.39 is 0 Å². The van der Waals surface area contributed by atoms with Crippen LogP contribution in [0.3, 0.4) is 0 Å². The Morgan fingerprint density at radius 2 is 2.06 bits per heavy atom. The summed E-state index contributed by atoms with van der Waals surface area (Å²) in [5.41, 5.74) is 2.07. The van der Waals surface area contributed by atoms with Crippen molar-refractivity contribution in [2.45, 2.75) is 40.0 Å². The number of hydrogen-bond donors (Lipinski definition) is 0. The molecule has 88 valence electrons. The summed E-state index contributed by atoms with van der Waals surface area (Å²) in [6.45, 7) is 8.66. The smallest absolute Gasteiger partial charge is 0.150 e. The van der Waals surface area contributed by atoms with Gasteiger partial charge in [-0.05, 0) is 39.0 Å². The van der Waals surface area contributed by atoms with E-state index in [-0.39, 0.29) is 0 Å². The zero-order valence-electron chi connectivity index (χ0n) is 10.5. The van der Waals surface area contributed by atoms with Gasteiger partial charge in [-0.25, -0.2) is 4.98 Å². The van der Waals surface area contributed by atoms with Crippen molar-refractivity contribution in [3.63, 3.8) is 0 Å². The van der Waals surface area contributed by atoms with Gasteiger partial charge in [0.1, 0.15) is 5.82 Å². The van der Waals surface area contributed by atoms with Crippen molar-refractivity contribution < 1.29 is 0 Å². The fourth-order valence-electron chi connectivity index (χ4n) is 2.30. The van der Waals surface area contributed by atoms with Gasteiger partial charge < -0.3 is 4.90 Å². The molecule has 3 nitrogen and oxygen atoms in total. The monoisotopic (exact) mass is 219 g/mol. The predicted molar refractivity (Wildman–Crippen MR) is 66.7 cm³/mol. The molecule has 0 spiro atoms. The van der Waals surface area contributed by atoms with E-state index >= 15 is 0 Å². The largest absolute Gasteiger partial charge is 0.355 e. The van der Waals surface area contributed by atoms with Crippen molar-refractivity contribution in [3.05, 3.63) is 17.6 Å². The van der Waals surface area contributed by atoms with E-state index in [2.05, 4.69) is 28.7 Å². The van der Waals surface area contributed by atoms with Crippen LogP contribution in [0.2, 0.25) is 0 Å². The van der Waals surface area contributed by atoms with E-state index in [1.807, 2.05) is 13.1 Å². The van der Waals surface area contributed by atoms with Crippen LogP contribution >= 0.6 is 0 Å². The van der Waals surface area contributed by atoms with Crippen molar-refractivity contribution in [2.75, 3.05) is 18.0 Å². The highest BCUT2D eigenvalue weighted by Crippen LogP contribution is 2.22. The lowest BCUT2D eigenvalue weighted by atomic mass is 10.0.